The second-order valence-corrected chi connectivity index (χ2v) is 10.0. The van der Waals surface area contributed by atoms with Gasteiger partial charge in [-0.15, -0.1) is 0 Å². The molecule has 5 N–H and O–H groups in total. The Kier molecular flexibility index (Phi) is 5.53. The third-order valence-corrected chi connectivity index (χ3v) is 8.06. The van der Waals surface area contributed by atoms with Crippen LogP contribution in [-0.4, -0.2) is 84.1 Å². The smallest absolute Gasteiger partial charge is 0.255 e. The molecule has 1 amide bonds. The molecule has 1 saturated carbocycles. The summed E-state index contributed by atoms with van der Waals surface area (Å²) in [4.78, 5) is 42.9. The van der Waals surface area contributed by atoms with Gasteiger partial charge in [-0.25, -0.2) is 0 Å². The molecule has 188 valence electrons. The number of ketones is 2. The number of benzene rings is 1. The van der Waals surface area contributed by atoms with Gasteiger partial charge in [0, 0.05) is 31.3 Å². The van der Waals surface area contributed by atoms with Gasteiger partial charge in [-0.05, 0) is 57.5 Å². The Morgan fingerprint density at radius 3 is 2.29 bits per heavy atom. The van der Waals surface area contributed by atoms with Crippen LogP contribution >= 0.6 is 0 Å². The van der Waals surface area contributed by atoms with E-state index >= 15 is 0 Å². The van der Waals surface area contributed by atoms with Crippen molar-refractivity contribution in [3.63, 3.8) is 0 Å². The van der Waals surface area contributed by atoms with E-state index in [1.807, 2.05) is 25.1 Å². The second kappa shape index (κ2) is 7.82. The molecule has 0 radical (unpaired) electrons. The molecule has 0 saturated heterocycles. The number of anilines is 1. The molecule has 1 unspecified atom stereocenters. The summed E-state index contributed by atoms with van der Waals surface area (Å²) in [6.07, 6.45) is 0.421. The number of aliphatic hydroxyl groups excluding tert-OH is 2. The molecule has 0 aromatic heterocycles. The normalized spacial score (nSPS) is 30.2. The summed E-state index contributed by atoms with van der Waals surface area (Å²) in [6, 6.07) is 3.54. The third kappa shape index (κ3) is 2.99. The molecule has 35 heavy (non-hydrogen) atoms. The topological polar surface area (TPSA) is 154 Å². The Morgan fingerprint density at radius 2 is 1.77 bits per heavy atom. The number of methoxy groups -OCH3 is 1. The highest BCUT2D eigenvalue weighted by atomic mass is 16.5. The molecular formula is C25H31N3O7. The van der Waals surface area contributed by atoms with Crippen molar-refractivity contribution < 1.29 is 34.4 Å². The highest BCUT2D eigenvalue weighted by Gasteiger charge is 2.68. The van der Waals surface area contributed by atoms with Gasteiger partial charge in [0.15, 0.2) is 5.60 Å². The number of Topliss-reactive ketones (excluding diaryl/α,β-unsaturated/α-hetero) is 2. The number of ether oxygens (including phenoxy) is 1. The first-order valence-corrected chi connectivity index (χ1v) is 11.3. The average Bonchev–Trinajstić information content (AvgIpc) is 2.78. The zero-order valence-corrected chi connectivity index (χ0v) is 20.7. The van der Waals surface area contributed by atoms with Crippen molar-refractivity contribution in [3.05, 3.63) is 40.2 Å². The fourth-order valence-electron chi connectivity index (χ4n) is 6.03. The summed E-state index contributed by atoms with van der Waals surface area (Å²) in [5.41, 5.74) is 2.27. The van der Waals surface area contributed by atoms with Gasteiger partial charge in [-0.1, -0.05) is 0 Å². The van der Waals surface area contributed by atoms with E-state index in [0.717, 1.165) is 11.3 Å². The lowest BCUT2D eigenvalue weighted by molar-refractivity contribution is -0.168. The van der Waals surface area contributed by atoms with E-state index in [0.29, 0.717) is 17.7 Å². The van der Waals surface area contributed by atoms with Crippen molar-refractivity contribution in [1.82, 2.24) is 4.90 Å². The van der Waals surface area contributed by atoms with Crippen LogP contribution in [0.3, 0.4) is 0 Å². The number of rotatable bonds is 4. The molecule has 10 nitrogen and oxygen atoms in total. The molecule has 1 fully saturated rings. The largest absolute Gasteiger partial charge is 0.509 e. The first kappa shape index (κ1) is 24.7. The molecule has 0 aliphatic heterocycles. The maximum atomic E-state index is 13.9. The number of carbonyl (C=O) groups is 3. The number of likely N-dealkylation sites (N-methyl/N-ethyl adjacent to an activating group) is 1. The Hall–Kier alpha value is -3.37. The molecule has 3 aliphatic rings. The highest BCUT2D eigenvalue weighted by Crippen LogP contribution is 2.55. The van der Waals surface area contributed by atoms with Crippen LogP contribution < -0.4 is 15.4 Å². The number of fused-ring (bicyclic) bond motifs is 3. The van der Waals surface area contributed by atoms with E-state index in [4.69, 9.17) is 10.5 Å². The van der Waals surface area contributed by atoms with Crippen molar-refractivity contribution >= 4 is 28.9 Å². The maximum absolute atomic E-state index is 13.9. The third-order valence-electron chi connectivity index (χ3n) is 8.06. The van der Waals surface area contributed by atoms with Crippen molar-refractivity contribution in [2.45, 2.75) is 30.9 Å². The lowest BCUT2D eigenvalue weighted by Crippen LogP contribution is -2.71. The van der Waals surface area contributed by atoms with Gasteiger partial charge in [0.05, 0.1) is 18.2 Å². The van der Waals surface area contributed by atoms with Gasteiger partial charge in [-0.2, -0.15) is 0 Å². The molecule has 10 heteroatoms. The van der Waals surface area contributed by atoms with E-state index in [9.17, 15) is 29.7 Å². The lowest BCUT2D eigenvalue weighted by atomic mass is 9.53. The molecule has 3 aliphatic carbocycles. The van der Waals surface area contributed by atoms with E-state index in [-0.39, 0.29) is 17.8 Å². The second-order valence-electron chi connectivity index (χ2n) is 10.0. The van der Waals surface area contributed by atoms with Gasteiger partial charge in [0.1, 0.15) is 22.8 Å². The highest BCUT2D eigenvalue weighted by molar-refractivity contribution is 6.33. The van der Waals surface area contributed by atoms with Gasteiger partial charge in [-0.3, -0.25) is 19.3 Å². The van der Waals surface area contributed by atoms with Crippen LogP contribution in [0.1, 0.15) is 24.5 Å². The van der Waals surface area contributed by atoms with Crippen LogP contribution in [0, 0.1) is 11.8 Å². The van der Waals surface area contributed by atoms with E-state index in [1.54, 1.807) is 32.0 Å². The first-order chi connectivity index (χ1) is 16.2. The predicted molar refractivity (Wildman–Crippen MR) is 128 cm³/mol. The van der Waals surface area contributed by atoms with E-state index in [1.165, 1.54) is 7.11 Å². The minimum Gasteiger partial charge on any atom is -0.509 e. The summed E-state index contributed by atoms with van der Waals surface area (Å²) in [6.45, 7) is 1.56. The molecule has 4 atom stereocenters. The number of nitrogens with two attached hydrogens (primary N) is 1. The zero-order chi connectivity index (χ0) is 26.2. The van der Waals surface area contributed by atoms with Gasteiger partial charge >= 0.3 is 0 Å². The lowest BCUT2D eigenvalue weighted by Gasteiger charge is -2.55. The van der Waals surface area contributed by atoms with E-state index < -0.39 is 51.8 Å². The van der Waals surface area contributed by atoms with E-state index in [2.05, 4.69) is 0 Å². The average molecular weight is 486 g/mol. The van der Waals surface area contributed by atoms with Crippen LogP contribution in [0.5, 0.6) is 5.75 Å². The van der Waals surface area contributed by atoms with Crippen molar-refractivity contribution in [3.8, 4) is 5.75 Å². The van der Waals surface area contributed by atoms with Crippen LogP contribution in [0.25, 0.3) is 5.76 Å². The predicted octanol–water partition coefficient (Wildman–Crippen LogP) is 0.723. The standard InChI is InChI=1S/C25H31N3O7/c1-24(28(4)5)15-10-11-9-12-13(27(2)3)7-8-14(35-6)17(12)19(29)16(11)21(31)25(15,34)22(32)18(20(24)30)23(26)33/h7-8,11,15,29-30,34H,9-10H2,1-6H3,(H2,26,33)/t11-,15-,24?,25-/m0/s1. The quantitative estimate of drug-likeness (QED) is 0.357. The van der Waals surface area contributed by atoms with Crippen molar-refractivity contribution in [2.75, 3.05) is 40.2 Å². The van der Waals surface area contributed by atoms with Crippen LogP contribution in [0.15, 0.2) is 29.0 Å². The summed E-state index contributed by atoms with van der Waals surface area (Å²) in [5, 5.41) is 34.2. The van der Waals surface area contributed by atoms with Crippen molar-refractivity contribution in [1.29, 1.82) is 0 Å². The molecule has 4 rings (SSSR count). The molecule has 0 heterocycles. The monoisotopic (exact) mass is 485 g/mol. The number of hydrogen-bond acceptors (Lipinski definition) is 9. The molecular weight excluding hydrogens is 454 g/mol. The van der Waals surface area contributed by atoms with Crippen molar-refractivity contribution in [2.24, 2.45) is 17.6 Å². The van der Waals surface area contributed by atoms with Gasteiger partial charge in [0.25, 0.3) is 5.91 Å². The number of carbonyl (C=O) groups excluding carboxylic acids is 3. The summed E-state index contributed by atoms with van der Waals surface area (Å²) in [7, 11) is 8.40. The molecule has 0 spiro atoms. The minimum absolute atomic E-state index is 0.0850. The number of primary amides is 1. The molecule has 0 bridgehead atoms. The molecule has 1 aromatic carbocycles. The van der Waals surface area contributed by atoms with Gasteiger partial charge in [0.2, 0.25) is 11.6 Å². The molecule has 1 aromatic rings. The fraction of sp³-hybridized carbons (Fsp3) is 0.480. The SMILES string of the molecule is COc1ccc(N(C)C)c2c1C(O)=C1C(=O)[C@]3(O)C(=O)C(C(N)=O)=C(O)C(C)(N(C)C)[C@@H]3C[C@@H]1C2. The van der Waals surface area contributed by atoms with Gasteiger partial charge < -0.3 is 30.7 Å². The number of amides is 1. The maximum Gasteiger partial charge on any atom is 0.255 e. The Morgan fingerprint density at radius 1 is 1.14 bits per heavy atom. The van der Waals surface area contributed by atoms with Crippen LogP contribution in [0.4, 0.5) is 5.69 Å². The fourth-order valence-corrected chi connectivity index (χ4v) is 6.03. The summed E-state index contributed by atoms with van der Waals surface area (Å²) >= 11 is 0. The van der Waals surface area contributed by atoms with Crippen LogP contribution in [-0.2, 0) is 20.8 Å². The van der Waals surface area contributed by atoms with Crippen LogP contribution in [0.2, 0.25) is 0 Å². The minimum atomic E-state index is -2.70. The Labute approximate surface area is 203 Å². The first-order valence-electron chi connectivity index (χ1n) is 11.3. The number of aliphatic hydroxyl groups is 3. The number of nitrogens with zero attached hydrogens (tertiary/aromatic N) is 2. The Bertz CT molecular complexity index is 1230. The summed E-state index contributed by atoms with van der Waals surface area (Å²) < 4.78 is 5.45. The summed E-state index contributed by atoms with van der Waals surface area (Å²) in [5.74, 6) is -5.76. The Balaban J connectivity index is 2.02. The zero-order valence-electron chi connectivity index (χ0n) is 20.7. The number of hydrogen-bond donors (Lipinski definition) is 4.